The molecule has 0 saturated carbocycles. The van der Waals surface area contributed by atoms with E-state index in [0.29, 0.717) is 12.1 Å². The van der Waals surface area contributed by atoms with E-state index in [0.717, 1.165) is 22.1 Å². The van der Waals surface area contributed by atoms with Gasteiger partial charge in [-0.15, -0.1) is 0 Å². The number of nitrogens with zero attached hydrogens (tertiary/aromatic N) is 1. The van der Waals surface area contributed by atoms with Crippen LogP contribution < -0.4 is 15.9 Å². The second-order valence-corrected chi connectivity index (χ2v) is 4.65. The molecule has 0 fully saturated rings. The lowest BCUT2D eigenvalue weighted by molar-refractivity contribution is -0.137. The Labute approximate surface area is 127 Å². The molecule has 2 aromatic rings. The van der Waals surface area contributed by atoms with Crippen molar-refractivity contribution in [3.63, 3.8) is 0 Å². The number of nitrogens with one attached hydrogen (secondary N) is 1. The smallest absolute Gasteiger partial charge is 0.329 e. The third-order valence-electron chi connectivity index (χ3n) is 3.23. The molecule has 0 atom stereocenters. The number of hydrogen-bond acceptors (Lipinski definition) is 4. The molecule has 0 spiro atoms. The monoisotopic (exact) mass is 299 g/mol. The number of carbonyl (C=O) groups excluding carboxylic acids is 2. The highest BCUT2D eigenvalue weighted by atomic mass is 16.5. The molecule has 2 aromatic carbocycles. The molecular formula is C16H17N3O3. The van der Waals surface area contributed by atoms with Crippen molar-refractivity contribution in [2.75, 3.05) is 7.11 Å². The summed E-state index contributed by atoms with van der Waals surface area (Å²) in [5, 5.41) is 6.04. The van der Waals surface area contributed by atoms with Gasteiger partial charge in [0.05, 0.1) is 12.8 Å². The molecule has 6 heteroatoms. The van der Waals surface area contributed by atoms with Crippen LogP contribution in [0.2, 0.25) is 0 Å². The van der Waals surface area contributed by atoms with Crippen molar-refractivity contribution in [2.45, 2.75) is 13.3 Å². The third kappa shape index (κ3) is 3.41. The molecule has 0 aliphatic carbocycles. The van der Waals surface area contributed by atoms with Crippen LogP contribution in [0.4, 0.5) is 0 Å². The molecule has 22 heavy (non-hydrogen) atoms. The van der Waals surface area contributed by atoms with Crippen LogP contribution in [-0.4, -0.2) is 24.6 Å². The van der Waals surface area contributed by atoms with E-state index < -0.39 is 11.8 Å². The molecule has 3 N–H and O–H groups in total. The second kappa shape index (κ2) is 6.71. The number of carbonyl (C=O) groups is 2. The van der Waals surface area contributed by atoms with Gasteiger partial charge in [-0.25, -0.2) is 5.43 Å². The molecule has 114 valence electrons. The first kappa shape index (κ1) is 15.5. The number of hydrogen-bond donors (Lipinski definition) is 2. The van der Waals surface area contributed by atoms with Gasteiger partial charge in [0, 0.05) is 0 Å². The quantitative estimate of drug-likeness (QED) is 0.509. The number of methoxy groups -OCH3 is 1. The molecule has 0 aliphatic rings. The number of fused-ring (bicyclic) bond motifs is 1. The minimum Gasteiger partial charge on any atom is -0.497 e. The van der Waals surface area contributed by atoms with E-state index in [-0.39, 0.29) is 0 Å². The number of benzene rings is 2. The van der Waals surface area contributed by atoms with Crippen LogP contribution >= 0.6 is 0 Å². The molecule has 0 radical (unpaired) electrons. The fourth-order valence-corrected chi connectivity index (χ4v) is 2.05. The van der Waals surface area contributed by atoms with Crippen LogP contribution in [0.5, 0.6) is 5.75 Å². The second-order valence-electron chi connectivity index (χ2n) is 4.65. The average molecular weight is 299 g/mol. The summed E-state index contributed by atoms with van der Waals surface area (Å²) in [6, 6.07) is 11.6. The lowest BCUT2D eigenvalue weighted by atomic mass is 10.0. The van der Waals surface area contributed by atoms with Crippen molar-refractivity contribution < 1.29 is 14.3 Å². The number of primary amides is 1. The summed E-state index contributed by atoms with van der Waals surface area (Å²) >= 11 is 0. The Bertz CT molecular complexity index is 753. The maximum Gasteiger partial charge on any atom is 0.329 e. The van der Waals surface area contributed by atoms with Crippen LogP contribution in [0, 0.1) is 0 Å². The minimum absolute atomic E-state index is 0.598. The van der Waals surface area contributed by atoms with E-state index in [1.807, 2.05) is 43.3 Å². The number of amides is 2. The summed E-state index contributed by atoms with van der Waals surface area (Å²) in [6.07, 6.45) is 0.598. The van der Waals surface area contributed by atoms with Crippen molar-refractivity contribution in [3.8, 4) is 5.75 Å². The van der Waals surface area contributed by atoms with Gasteiger partial charge in [-0.2, -0.15) is 5.10 Å². The summed E-state index contributed by atoms with van der Waals surface area (Å²) < 4.78 is 5.19. The van der Waals surface area contributed by atoms with E-state index in [1.165, 1.54) is 0 Å². The molecule has 0 heterocycles. The molecule has 0 unspecified atom stereocenters. The zero-order valence-corrected chi connectivity index (χ0v) is 12.4. The lowest BCUT2D eigenvalue weighted by Gasteiger charge is -2.07. The number of hydrazone groups is 1. The zero-order chi connectivity index (χ0) is 16.1. The van der Waals surface area contributed by atoms with E-state index in [9.17, 15) is 9.59 Å². The Balaban J connectivity index is 2.33. The van der Waals surface area contributed by atoms with Crippen LogP contribution in [0.1, 0.15) is 18.9 Å². The van der Waals surface area contributed by atoms with Crippen LogP contribution in [0.15, 0.2) is 41.5 Å². The third-order valence-corrected chi connectivity index (χ3v) is 3.23. The summed E-state index contributed by atoms with van der Waals surface area (Å²) in [5.74, 6) is -1.21. The summed E-state index contributed by atoms with van der Waals surface area (Å²) in [4.78, 5) is 21.9. The highest BCUT2D eigenvalue weighted by Crippen LogP contribution is 2.22. The van der Waals surface area contributed by atoms with Crippen LogP contribution in [-0.2, 0) is 9.59 Å². The van der Waals surface area contributed by atoms with Crippen molar-refractivity contribution in [2.24, 2.45) is 10.8 Å². The van der Waals surface area contributed by atoms with E-state index in [2.05, 4.69) is 10.5 Å². The molecule has 0 saturated heterocycles. The fraction of sp³-hybridized carbons (Fsp3) is 0.188. The predicted molar refractivity (Wildman–Crippen MR) is 84.7 cm³/mol. The number of nitrogens with two attached hydrogens (primary N) is 1. The summed E-state index contributed by atoms with van der Waals surface area (Å²) in [7, 11) is 1.62. The topological polar surface area (TPSA) is 93.8 Å². The highest BCUT2D eigenvalue weighted by molar-refractivity contribution is 6.34. The van der Waals surface area contributed by atoms with Gasteiger partial charge in [0.15, 0.2) is 0 Å². The van der Waals surface area contributed by atoms with Crippen molar-refractivity contribution in [1.29, 1.82) is 0 Å². The Hall–Kier alpha value is -2.89. The summed E-state index contributed by atoms with van der Waals surface area (Å²) in [6.45, 7) is 1.91. The van der Waals surface area contributed by atoms with Gasteiger partial charge in [0.2, 0.25) is 0 Å². The van der Waals surface area contributed by atoms with Gasteiger partial charge in [-0.3, -0.25) is 9.59 Å². The van der Waals surface area contributed by atoms with Gasteiger partial charge < -0.3 is 10.5 Å². The van der Waals surface area contributed by atoms with Gasteiger partial charge in [0.25, 0.3) is 0 Å². The molecular weight excluding hydrogens is 282 g/mol. The first-order chi connectivity index (χ1) is 10.5. The maximum absolute atomic E-state index is 11.2. The van der Waals surface area contributed by atoms with Crippen LogP contribution in [0.3, 0.4) is 0 Å². The summed E-state index contributed by atoms with van der Waals surface area (Å²) in [5.41, 5.74) is 8.55. The van der Waals surface area contributed by atoms with Gasteiger partial charge in [0.1, 0.15) is 5.75 Å². The SMILES string of the molecule is CC/C(=N/NC(=O)C(N)=O)c1ccc2cc(OC)ccc2c1. The van der Waals surface area contributed by atoms with Crippen LogP contribution in [0.25, 0.3) is 10.8 Å². The fourth-order valence-electron chi connectivity index (χ4n) is 2.05. The average Bonchev–Trinajstić information content (AvgIpc) is 2.54. The Morgan fingerprint density at radius 3 is 2.50 bits per heavy atom. The minimum atomic E-state index is -1.06. The molecule has 2 rings (SSSR count). The Kier molecular flexibility index (Phi) is 4.73. The molecule has 0 aromatic heterocycles. The predicted octanol–water partition coefficient (Wildman–Crippen LogP) is 1.56. The van der Waals surface area contributed by atoms with E-state index >= 15 is 0 Å². The largest absolute Gasteiger partial charge is 0.497 e. The molecule has 2 amide bonds. The zero-order valence-electron chi connectivity index (χ0n) is 12.4. The molecule has 0 bridgehead atoms. The van der Waals surface area contributed by atoms with E-state index in [4.69, 9.17) is 10.5 Å². The molecule has 6 nitrogen and oxygen atoms in total. The Morgan fingerprint density at radius 1 is 1.18 bits per heavy atom. The number of ether oxygens (including phenoxy) is 1. The highest BCUT2D eigenvalue weighted by Gasteiger charge is 2.08. The van der Waals surface area contributed by atoms with E-state index in [1.54, 1.807) is 7.11 Å². The normalized spacial score (nSPS) is 11.3. The Morgan fingerprint density at radius 2 is 1.86 bits per heavy atom. The number of rotatable bonds is 4. The van der Waals surface area contributed by atoms with Gasteiger partial charge in [-0.1, -0.05) is 25.1 Å². The first-order valence-electron chi connectivity index (χ1n) is 6.79. The van der Waals surface area contributed by atoms with Gasteiger partial charge >= 0.3 is 11.8 Å². The first-order valence-corrected chi connectivity index (χ1v) is 6.79. The maximum atomic E-state index is 11.2. The van der Waals surface area contributed by atoms with Gasteiger partial charge in [-0.05, 0) is 41.0 Å². The molecule has 0 aliphatic heterocycles. The van der Waals surface area contributed by atoms with Crippen molar-refractivity contribution in [1.82, 2.24) is 5.43 Å². The van der Waals surface area contributed by atoms with Crippen molar-refractivity contribution in [3.05, 3.63) is 42.0 Å². The van der Waals surface area contributed by atoms with Crippen molar-refractivity contribution >= 4 is 28.3 Å². The standard InChI is InChI=1S/C16H17N3O3/c1-3-14(18-19-16(21)15(17)20)12-5-4-11-9-13(22-2)7-6-10(11)8-12/h4-9H,3H2,1-2H3,(H2,17,20)(H,19,21)/b18-14-. The lowest BCUT2D eigenvalue weighted by Crippen LogP contribution is -2.33.